The Morgan fingerprint density at radius 2 is 1.03 bits per heavy atom. The van der Waals surface area contributed by atoms with Gasteiger partial charge in [-0.25, -0.2) is 0 Å². The summed E-state index contributed by atoms with van der Waals surface area (Å²) in [6.07, 6.45) is 15.8. The van der Waals surface area contributed by atoms with Crippen LogP contribution in [0.25, 0.3) is 10.9 Å². The zero-order valence-electron chi connectivity index (χ0n) is 32.7. The molecule has 0 fully saturated rings. The van der Waals surface area contributed by atoms with Crippen molar-refractivity contribution in [3.8, 4) is 5.75 Å². The van der Waals surface area contributed by atoms with Crippen LogP contribution in [0.15, 0.2) is 176 Å². The van der Waals surface area contributed by atoms with Gasteiger partial charge in [-0.3, -0.25) is 4.67 Å². The van der Waals surface area contributed by atoms with Gasteiger partial charge in [-0.2, -0.15) is 0 Å². The van der Waals surface area contributed by atoms with Gasteiger partial charge in [0.05, 0.1) is 8.15 Å². The zero-order valence-corrected chi connectivity index (χ0v) is 36.1. The Kier molecular flexibility index (Phi) is 20.1. The third kappa shape index (κ3) is 15.7. The molecule has 0 saturated carbocycles. The van der Waals surface area contributed by atoms with E-state index in [0.29, 0.717) is 6.61 Å². The molecule has 0 saturated heterocycles. The smallest absolute Gasteiger partial charge is 0.490 e. The summed E-state index contributed by atoms with van der Waals surface area (Å²) in [5.74, 6) is 0.866. The molecular formula is C46H50BF4N2O2P2Rh-. The fourth-order valence-electron chi connectivity index (χ4n) is 6.20. The number of nitrogens with one attached hydrogen (secondary N) is 1. The number of ether oxygens (including phenoxy) is 1. The Hall–Kier alpha value is -3.89. The van der Waals surface area contributed by atoms with Crippen LogP contribution in [0.4, 0.5) is 17.3 Å². The van der Waals surface area contributed by atoms with Crippen molar-refractivity contribution in [2.24, 2.45) is 0 Å². The van der Waals surface area contributed by atoms with Crippen molar-refractivity contribution in [2.45, 2.75) is 51.7 Å². The summed E-state index contributed by atoms with van der Waals surface area (Å²) in [7, 11) is -7.88. The quantitative estimate of drug-likeness (QED) is 0.0543. The minimum Gasteiger partial charge on any atom is -0.490 e. The van der Waals surface area contributed by atoms with Crippen LogP contribution < -0.4 is 26.0 Å². The standard InChI is InChI=1S/C38H38N2O2P2.C8H12.BF4.Rh/c1-30(2)40(43(32-16-7-3-8-17-32)33-18-9-4-10-19-33)28-31(29-41-38-25-15-24-37-36(38)26-27-39-37)42-44(34-20-11-5-12-21-34)35-22-13-6-14-23-35;1-2-4-6-8-7-5-3-1;2-1(3,4)5;/h3-27,30-31,39H,28-29H2,1-2H3;1-2,7-8H,3-6H2;;/q;;-1;/b;2-1-,8-7-;;/t31-;;;/m0.../s1. The number of halogens is 4. The second-order valence-corrected chi connectivity index (χ2v) is 17.5. The summed E-state index contributed by atoms with van der Waals surface area (Å²) in [4.78, 5) is 3.31. The first-order valence-corrected chi connectivity index (χ1v) is 21.8. The average molecular weight is 915 g/mol. The molecule has 0 bridgehead atoms. The Balaban J connectivity index is 0.000000456. The summed E-state index contributed by atoms with van der Waals surface area (Å²) in [5, 5.41) is 6.11. The molecule has 12 heteroatoms. The van der Waals surface area contributed by atoms with E-state index in [1.54, 1.807) is 0 Å². The molecule has 307 valence electrons. The molecule has 6 aromatic rings. The number of H-pyrrole nitrogens is 1. The van der Waals surface area contributed by atoms with E-state index in [2.05, 4.69) is 181 Å². The van der Waals surface area contributed by atoms with E-state index in [1.807, 2.05) is 18.3 Å². The summed E-state index contributed by atoms with van der Waals surface area (Å²) in [6, 6.07) is 51.5. The van der Waals surface area contributed by atoms with Gasteiger partial charge in [-0.15, -0.1) is 0 Å². The molecule has 0 spiro atoms. The van der Waals surface area contributed by atoms with Crippen molar-refractivity contribution >= 4 is 55.6 Å². The van der Waals surface area contributed by atoms with Crippen LogP contribution in [-0.2, 0) is 24.0 Å². The van der Waals surface area contributed by atoms with E-state index in [1.165, 1.54) is 46.9 Å². The number of allylic oxidation sites excluding steroid dienone is 4. The number of benzene rings is 5. The summed E-state index contributed by atoms with van der Waals surface area (Å²) >= 11 is 0. The fraction of sp³-hybridized carbons (Fsp3) is 0.217. The van der Waals surface area contributed by atoms with Crippen LogP contribution in [0.2, 0.25) is 0 Å². The molecule has 1 aliphatic rings. The van der Waals surface area contributed by atoms with Gasteiger partial charge in [0.1, 0.15) is 18.5 Å². The van der Waals surface area contributed by atoms with Crippen LogP contribution in [0, 0.1) is 0 Å². The van der Waals surface area contributed by atoms with Crippen molar-refractivity contribution in [1.29, 1.82) is 0 Å². The maximum atomic E-state index is 9.75. The fourth-order valence-corrected chi connectivity index (χ4v) is 10.7. The first kappa shape index (κ1) is 46.8. The molecule has 58 heavy (non-hydrogen) atoms. The molecule has 1 radical (unpaired) electrons. The second kappa shape index (κ2) is 24.9. The summed E-state index contributed by atoms with van der Waals surface area (Å²) in [6.45, 7) is 5.72. The van der Waals surface area contributed by atoms with E-state index in [0.717, 1.165) is 23.2 Å². The molecule has 1 aromatic heterocycles. The number of hydrogen-bond donors (Lipinski definition) is 1. The number of rotatable bonds is 13. The number of nitrogens with zero attached hydrogens (tertiary/aromatic N) is 1. The van der Waals surface area contributed by atoms with E-state index < -0.39 is 23.5 Å². The van der Waals surface area contributed by atoms with E-state index >= 15 is 0 Å². The van der Waals surface area contributed by atoms with Crippen molar-refractivity contribution in [3.63, 3.8) is 0 Å². The van der Waals surface area contributed by atoms with Crippen molar-refractivity contribution in [3.05, 3.63) is 176 Å². The van der Waals surface area contributed by atoms with E-state index in [9.17, 15) is 17.3 Å². The van der Waals surface area contributed by atoms with Gasteiger partial charge in [-0.1, -0.05) is 152 Å². The van der Waals surface area contributed by atoms with Gasteiger partial charge in [0.25, 0.3) is 0 Å². The third-order valence-corrected chi connectivity index (χ3v) is 13.6. The molecule has 1 aliphatic carbocycles. The molecule has 1 heterocycles. The van der Waals surface area contributed by atoms with Crippen molar-refractivity contribution < 1.29 is 46.0 Å². The Bertz CT molecular complexity index is 1960. The van der Waals surface area contributed by atoms with Crippen LogP contribution >= 0.6 is 16.2 Å². The first-order chi connectivity index (χ1) is 27.7. The van der Waals surface area contributed by atoms with E-state index in [-0.39, 0.29) is 31.6 Å². The van der Waals surface area contributed by atoms with Gasteiger partial charge in [0, 0.05) is 67.8 Å². The molecule has 0 aliphatic heterocycles. The third-order valence-electron chi connectivity index (χ3n) is 8.79. The first-order valence-electron chi connectivity index (χ1n) is 19.3. The summed E-state index contributed by atoms with van der Waals surface area (Å²) < 4.78 is 55.5. The number of hydrogen-bond acceptors (Lipinski definition) is 3. The molecule has 0 unspecified atom stereocenters. The molecule has 7 rings (SSSR count). The van der Waals surface area contributed by atoms with Crippen molar-refractivity contribution in [2.75, 3.05) is 13.2 Å². The minimum atomic E-state index is -6.00. The maximum absolute atomic E-state index is 9.75. The minimum absolute atomic E-state index is 0. The molecule has 0 amide bonds. The van der Waals surface area contributed by atoms with Gasteiger partial charge >= 0.3 is 7.25 Å². The molecule has 5 aromatic carbocycles. The zero-order chi connectivity index (χ0) is 40.3. The number of aromatic amines is 1. The van der Waals surface area contributed by atoms with Gasteiger partial charge in [0.2, 0.25) is 0 Å². The largest absolute Gasteiger partial charge is 0.673 e. The molecule has 1 N–H and O–H groups in total. The monoisotopic (exact) mass is 914 g/mol. The number of fused-ring (bicyclic) bond motifs is 1. The number of aromatic nitrogens is 1. The Labute approximate surface area is 356 Å². The second-order valence-electron chi connectivity index (χ2n) is 13.5. The molecule has 1 atom stereocenters. The average Bonchev–Trinajstić information content (AvgIpc) is 3.69. The van der Waals surface area contributed by atoms with Gasteiger partial charge in [-0.05, 0) is 68.3 Å². The van der Waals surface area contributed by atoms with Crippen molar-refractivity contribution in [1.82, 2.24) is 9.65 Å². The van der Waals surface area contributed by atoms with Crippen LogP contribution in [0.1, 0.15) is 39.5 Å². The SMILES string of the molecule is C1=C\CC/C=C\CC/1.CC(C)N(C[C@@H](COc1cccc2[nH]ccc12)OP(c1ccccc1)c1ccccc1)P(c1ccccc1)c1ccccc1.F[B-](F)(F)F.[Rh]. The van der Waals surface area contributed by atoms with Crippen LogP contribution in [0.5, 0.6) is 5.75 Å². The van der Waals surface area contributed by atoms with Crippen LogP contribution in [0.3, 0.4) is 0 Å². The van der Waals surface area contributed by atoms with Gasteiger partial charge < -0.3 is 31.5 Å². The predicted octanol–water partition coefficient (Wildman–Crippen LogP) is 11.7. The van der Waals surface area contributed by atoms with E-state index in [4.69, 9.17) is 9.26 Å². The van der Waals surface area contributed by atoms with Crippen LogP contribution in [-0.4, -0.2) is 42.2 Å². The normalized spacial score (nSPS) is 14.3. The predicted molar refractivity (Wildman–Crippen MR) is 236 cm³/mol. The topological polar surface area (TPSA) is 37.5 Å². The molecular weight excluding hydrogens is 864 g/mol. The van der Waals surface area contributed by atoms with Gasteiger partial charge in [0.15, 0.2) is 0 Å². The molecule has 4 nitrogen and oxygen atoms in total. The maximum Gasteiger partial charge on any atom is 0.673 e. The Morgan fingerprint density at radius 1 is 0.603 bits per heavy atom. The summed E-state index contributed by atoms with van der Waals surface area (Å²) in [5.41, 5.74) is 1.07. The Morgan fingerprint density at radius 3 is 1.47 bits per heavy atom.